The maximum atomic E-state index is 14.0. The molecule has 0 rings (SSSR count). The molecule has 145 heavy (non-hydrogen) atoms. The molecule has 0 saturated carbocycles. The van der Waals surface area contributed by atoms with Gasteiger partial charge in [-0.3, -0.25) is 38.6 Å². The zero-order valence-corrected chi connectivity index (χ0v) is 105. The largest absolute Gasteiger partial charge is 0.466 e. The van der Waals surface area contributed by atoms with Crippen molar-refractivity contribution >= 4 is 69.0 Å². The Morgan fingerprint density at radius 1 is 0.255 bits per heavy atom. The average molecular weight is 2120 g/mol. The molecule has 23 heteroatoms. The quantitative estimate of drug-likeness (QED) is 0.0223. The summed E-state index contributed by atoms with van der Waals surface area (Å²) < 4.78 is 53.9. The minimum absolute atomic E-state index is 0.00163. The van der Waals surface area contributed by atoms with Gasteiger partial charge in [0.2, 0.25) is 11.8 Å². The summed E-state index contributed by atoms with van der Waals surface area (Å²) in [6, 6.07) is 0. The molecule has 0 aromatic carbocycles. The van der Waals surface area contributed by atoms with Crippen LogP contribution in [-0.4, -0.2) is 193 Å². The molecular formula is C122H246N4O15Si4. The molecule has 0 heterocycles. The van der Waals surface area contributed by atoms with Crippen molar-refractivity contribution in [3.05, 3.63) is 0 Å². The summed E-state index contributed by atoms with van der Waals surface area (Å²) in [7, 11) is -9.13. The second-order valence-corrected chi connectivity index (χ2v) is 70.0. The standard InChI is InChI=1S/C122H246N4O15Si4/c1-28-34-40-46-52-54-60-70-90-114(129)134-96-80-72-88-110(140-144(24,25)120(13,14)15)104-125(102-108(138-142(20,21)118(7,8)9)86-68-62-78-98-136-116(131)106(82-64-56-48-42-36-30-3)83-65-57-49-43-37-31-4)94-76-74-92-123-112(127)100-122(19,133)101-113(128)124-93-75-77-95-126(105-111(141-145(26,27)121(16,17)18)89-73-81-97-135-115(130)91-71-61-55-53-47-41-35-29-2)103-109(139-143(22,23)119(10,11)12)87-69-63-79-99-137-117(132)107(84-66-58-50-44-38-32-5)85-67-59-51-45-39-33-6/h106-111,133H,28-105H2,1-27H3,(H,123,127)(H,124,128). The highest BCUT2D eigenvalue weighted by atomic mass is 28.4. The van der Waals surface area contributed by atoms with E-state index in [1.54, 1.807) is 6.92 Å². The summed E-state index contributed by atoms with van der Waals surface area (Å²) in [5.41, 5.74) is -1.58. The topological polar surface area (TPSA) is 227 Å². The number of nitrogens with zero attached hydrogens (tertiary/aromatic N) is 2. The molecule has 0 aromatic rings. The second kappa shape index (κ2) is 84.7. The van der Waals surface area contributed by atoms with Crippen molar-refractivity contribution in [2.45, 2.75) is 658 Å². The Hall–Kier alpha value is -2.59. The summed E-state index contributed by atoms with van der Waals surface area (Å²) in [5, 5.41) is 18.1. The first-order chi connectivity index (χ1) is 68.6. The third kappa shape index (κ3) is 76.6. The Morgan fingerprint density at radius 2 is 0.455 bits per heavy atom. The zero-order valence-electron chi connectivity index (χ0n) is 101. The second-order valence-electron chi connectivity index (χ2n) is 51.0. The lowest BCUT2D eigenvalue weighted by molar-refractivity contribution is -0.150. The van der Waals surface area contributed by atoms with Gasteiger partial charge in [-0.25, -0.2) is 0 Å². The molecule has 19 nitrogen and oxygen atoms in total. The van der Waals surface area contributed by atoms with Gasteiger partial charge in [0.25, 0.3) is 0 Å². The van der Waals surface area contributed by atoms with E-state index in [1.165, 1.54) is 205 Å². The van der Waals surface area contributed by atoms with E-state index < -0.39 is 38.9 Å². The van der Waals surface area contributed by atoms with Crippen LogP contribution in [0.5, 0.6) is 0 Å². The molecular weight excluding hydrogens is 1870 g/mol. The molecule has 0 bridgehead atoms. The fourth-order valence-electron chi connectivity index (χ4n) is 18.6. The van der Waals surface area contributed by atoms with Crippen LogP contribution in [0, 0.1) is 11.8 Å². The van der Waals surface area contributed by atoms with E-state index in [1.807, 2.05) is 0 Å². The van der Waals surface area contributed by atoms with E-state index >= 15 is 0 Å². The predicted octanol–water partition coefficient (Wildman–Crippen LogP) is 34.4. The summed E-state index contributed by atoms with van der Waals surface area (Å²) in [6.07, 6.45) is 67.1. The third-order valence-electron chi connectivity index (χ3n) is 32.4. The number of hydrogen-bond acceptors (Lipinski definition) is 17. The van der Waals surface area contributed by atoms with E-state index in [0.29, 0.717) is 78.3 Å². The van der Waals surface area contributed by atoms with Crippen LogP contribution in [0.15, 0.2) is 0 Å². The predicted molar refractivity (Wildman–Crippen MR) is 627 cm³/mol. The summed E-state index contributed by atoms with van der Waals surface area (Å²) in [6.45, 7) is 68.6. The minimum Gasteiger partial charge on any atom is -0.466 e. The minimum atomic E-state index is -2.28. The Kier molecular flexibility index (Phi) is 83.2. The Labute approximate surface area is 902 Å². The molecule has 4 atom stereocenters. The number of ether oxygens (including phenoxy) is 4. The monoisotopic (exact) mass is 2120 g/mol. The maximum absolute atomic E-state index is 14.0. The highest BCUT2D eigenvalue weighted by Crippen LogP contribution is 2.43. The van der Waals surface area contributed by atoms with Gasteiger partial charge in [-0.1, -0.05) is 381 Å². The van der Waals surface area contributed by atoms with Gasteiger partial charge in [0.1, 0.15) is 0 Å². The van der Waals surface area contributed by atoms with Gasteiger partial charge in [0, 0.05) is 52.1 Å². The lowest BCUT2D eigenvalue weighted by Gasteiger charge is -2.42. The van der Waals surface area contributed by atoms with Gasteiger partial charge in [-0.2, -0.15) is 0 Å². The van der Waals surface area contributed by atoms with Crippen molar-refractivity contribution in [2.75, 3.05) is 78.8 Å². The first-order valence-electron chi connectivity index (χ1n) is 61.6. The van der Waals surface area contributed by atoms with Crippen LogP contribution in [-0.2, 0) is 65.4 Å². The van der Waals surface area contributed by atoms with Crippen molar-refractivity contribution in [3.8, 4) is 0 Å². The average Bonchev–Trinajstić information content (AvgIpc) is 0.780. The Morgan fingerprint density at radius 3 is 0.697 bits per heavy atom. The molecule has 2 amide bonds. The molecule has 0 fully saturated rings. The maximum Gasteiger partial charge on any atom is 0.308 e. The molecule has 0 saturated heterocycles. The van der Waals surface area contributed by atoms with Crippen LogP contribution in [0.4, 0.5) is 0 Å². The van der Waals surface area contributed by atoms with Crippen LogP contribution >= 0.6 is 0 Å². The molecule has 0 aliphatic heterocycles. The van der Waals surface area contributed by atoms with Gasteiger partial charge in [0.05, 0.1) is 81.1 Å². The van der Waals surface area contributed by atoms with Gasteiger partial charge in [-0.05, 0) is 234 Å². The van der Waals surface area contributed by atoms with Crippen LogP contribution in [0.3, 0.4) is 0 Å². The summed E-state index contributed by atoms with van der Waals surface area (Å²) >= 11 is 0. The number of esters is 4. The molecule has 3 N–H and O–H groups in total. The fraction of sp³-hybridized carbons (Fsp3) is 0.951. The van der Waals surface area contributed by atoms with Crippen molar-refractivity contribution < 1.29 is 70.5 Å². The van der Waals surface area contributed by atoms with Crippen molar-refractivity contribution in [3.63, 3.8) is 0 Å². The number of rotatable bonds is 100. The number of hydrogen-bond donors (Lipinski definition) is 3. The third-order valence-corrected chi connectivity index (χ3v) is 50.5. The van der Waals surface area contributed by atoms with Crippen LogP contribution in [0.2, 0.25) is 72.5 Å². The number of unbranched alkanes of at least 4 members (excludes halogenated alkanes) is 42. The van der Waals surface area contributed by atoms with Crippen molar-refractivity contribution in [1.82, 2.24) is 20.4 Å². The van der Waals surface area contributed by atoms with Crippen molar-refractivity contribution in [1.29, 1.82) is 0 Å². The van der Waals surface area contributed by atoms with Gasteiger partial charge in [0.15, 0.2) is 33.3 Å². The van der Waals surface area contributed by atoms with Crippen LogP contribution in [0.25, 0.3) is 0 Å². The van der Waals surface area contributed by atoms with E-state index in [4.69, 9.17) is 36.7 Å². The number of amides is 2. The van der Waals surface area contributed by atoms with Crippen LogP contribution < -0.4 is 10.6 Å². The highest BCUT2D eigenvalue weighted by Gasteiger charge is 2.44. The first-order valence-corrected chi connectivity index (χ1v) is 73.3. The molecule has 860 valence electrons. The smallest absolute Gasteiger partial charge is 0.308 e. The fourth-order valence-corrected chi connectivity index (χ4v) is 24.2. The van der Waals surface area contributed by atoms with Gasteiger partial charge >= 0.3 is 23.9 Å². The van der Waals surface area contributed by atoms with E-state index in [-0.39, 0.29) is 105 Å². The van der Waals surface area contributed by atoms with Gasteiger partial charge in [-0.15, -0.1) is 0 Å². The lowest BCUT2D eigenvalue weighted by Crippen LogP contribution is -2.50. The van der Waals surface area contributed by atoms with E-state index in [2.05, 4.69) is 197 Å². The number of carbonyl (C=O) groups is 6. The van der Waals surface area contributed by atoms with Gasteiger partial charge < -0.3 is 52.4 Å². The Bertz CT molecular complexity index is 2900. The van der Waals surface area contributed by atoms with Crippen molar-refractivity contribution in [2.24, 2.45) is 11.8 Å². The summed E-state index contributed by atoms with van der Waals surface area (Å²) in [4.78, 5) is 86.9. The van der Waals surface area contributed by atoms with E-state index in [9.17, 15) is 33.9 Å². The zero-order chi connectivity index (χ0) is 109. The number of carbonyl (C=O) groups excluding carboxylic acids is 6. The molecule has 0 aliphatic carbocycles. The Balaban J connectivity index is 7.07. The lowest BCUT2D eigenvalue weighted by atomic mass is 9.94. The van der Waals surface area contributed by atoms with Crippen LogP contribution in [0.1, 0.15) is 555 Å². The highest BCUT2D eigenvalue weighted by molar-refractivity contribution is 6.75. The van der Waals surface area contributed by atoms with E-state index in [0.717, 1.165) is 206 Å². The molecule has 4 unspecified atom stereocenters. The summed E-state index contributed by atoms with van der Waals surface area (Å²) in [5.74, 6) is -0.825. The SMILES string of the molecule is CCCCCCCCCCC(=O)OCCCCC(CN(CCCCNC(=O)CC(C)(O)CC(=O)NCCCCN(CC(CCCCCOC(=O)C(CCCCCCCC)CCCCCCCC)O[Si](C)(C)C(C)(C)C)CC(CCCCOC(=O)CCCCCCCCCC)O[Si](C)(C)C(C)(C)C)CC(CCCCCOC(=O)C(CCCCCCCC)CCCCCCCC)O[Si](C)(C)C(C)(C)C)O[Si](C)(C)C(C)(C)C. The molecule has 0 aliphatic rings. The number of nitrogens with one attached hydrogen (secondary N) is 2. The number of aliphatic hydroxyl groups is 1. The first kappa shape index (κ1) is 142. The molecule has 0 radical (unpaired) electrons. The normalized spacial score (nSPS) is 14.1. The molecule has 0 aromatic heterocycles. The molecule has 0 spiro atoms.